The van der Waals surface area contributed by atoms with Crippen molar-refractivity contribution >= 4 is 45.6 Å². The first kappa shape index (κ1) is 21.3. The monoisotopic (exact) mass is 470 g/mol. The summed E-state index contributed by atoms with van der Waals surface area (Å²) in [6.45, 7) is 5.86. The van der Waals surface area contributed by atoms with Gasteiger partial charge in [-0.25, -0.2) is 4.98 Å². The third-order valence-corrected chi connectivity index (χ3v) is 5.72. The number of hydrogen-bond acceptors (Lipinski definition) is 3. The van der Waals surface area contributed by atoms with E-state index in [4.69, 9.17) is 33.2 Å². The number of fused-ring (bicyclic) bond motifs is 2. The van der Waals surface area contributed by atoms with Gasteiger partial charge in [-0.3, -0.25) is 4.99 Å². The van der Waals surface area contributed by atoms with Crippen LogP contribution in [0.4, 0.5) is 11.4 Å². The molecule has 0 aromatic heterocycles. The number of hydrogen-bond donors (Lipinski definition) is 1. The lowest BCUT2D eigenvalue weighted by molar-refractivity contribution is 1.07. The van der Waals surface area contributed by atoms with E-state index in [0.717, 1.165) is 44.8 Å². The molecular weight excluding hydrogens is 451 g/mol. The van der Waals surface area contributed by atoms with Gasteiger partial charge in [0.25, 0.3) is 0 Å². The lowest BCUT2D eigenvalue weighted by atomic mass is 10.1. The Kier molecular flexibility index (Phi) is 5.63. The van der Waals surface area contributed by atoms with Crippen molar-refractivity contribution < 1.29 is 0 Å². The molecule has 3 aromatic rings. The molecule has 1 N–H and O–H groups in total. The fourth-order valence-electron chi connectivity index (χ4n) is 3.80. The van der Waals surface area contributed by atoms with Crippen molar-refractivity contribution in [3.8, 4) is 17.1 Å². The minimum Gasteiger partial charge on any atom is -0.354 e. The molecule has 1 aliphatic heterocycles. The number of aromatic nitrogens is 2. The van der Waals surface area contributed by atoms with Crippen LogP contribution in [0.15, 0.2) is 102 Å². The van der Waals surface area contributed by atoms with Gasteiger partial charge in [0.05, 0.1) is 33.5 Å². The molecule has 0 saturated heterocycles. The Hall–Kier alpha value is -3.60. The zero-order valence-electron chi connectivity index (χ0n) is 17.9. The second-order valence-corrected chi connectivity index (χ2v) is 8.62. The molecule has 2 aliphatic rings. The molecular formula is C27H20Cl2N4. The minimum atomic E-state index is 0.683. The van der Waals surface area contributed by atoms with Gasteiger partial charge in [0, 0.05) is 27.1 Å². The summed E-state index contributed by atoms with van der Waals surface area (Å²) in [5.41, 5.74) is 7.08. The summed E-state index contributed by atoms with van der Waals surface area (Å²) in [6, 6.07) is 27.5. The molecule has 0 spiro atoms. The van der Waals surface area contributed by atoms with Gasteiger partial charge >= 0.3 is 0 Å². The van der Waals surface area contributed by atoms with Crippen LogP contribution in [0, 0.1) is 0 Å². The maximum atomic E-state index is 6.16. The molecule has 5 rings (SSSR count). The Labute approximate surface area is 201 Å². The molecule has 1 aliphatic carbocycles. The van der Waals surface area contributed by atoms with E-state index in [1.54, 1.807) is 0 Å². The van der Waals surface area contributed by atoms with Gasteiger partial charge in [0.1, 0.15) is 0 Å². The number of rotatable bonds is 4. The molecule has 33 heavy (non-hydrogen) atoms. The van der Waals surface area contributed by atoms with E-state index in [1.165, 1.54) is 0 Å². The van der Waals surface area contributed by atoms with Crippen LogP contribution in [0.3, 0.4) is 0 Å². The van der Waals surface area contributed by atoms with E-state index in [1.807, 2.05) is 85.8 Å². The lowest BCUT2D eigenvalue weighted by Gasteiger charge is -2.20. The molecule has 0 radical (unpaired) electrons. The van der Waals surface area contributed by atoms with E-state index in [0.29, 0.717) is 15.7 Å². The highest BCUT2D eigenvalue weighted by Crippen LogP contribution is 2.31. The quantitative estimate of drug-likeness (QED) is 0.274. The zero-order valence-corrected chi connectivity index (χ0v) is 19.4. The summed E-state index contributed by atoms with van der Waals surface area (Å²) in [5.74, 6) is 0. The second kappa shape index (κ2) is 8.74. The van der Waals surface area contributed by atoms with Gasteiger partial charge in [-0.05, 0) is 79.7 Å². The summed E-state index contributed by atoms with van der Waals surface area (Å²) in [7, 11) is 0. The number of anilines is 2. The maximum absolute atomic E-state index is 6.16. The number of nitrogens with zero attached hydrogens (tertiary/aromatic N) is 3. The highest BCUT2D eigenvalue weighted by atomic mass is 35.5. The predicted molar refractivity (Wildman–Crippen MR) is 138 cm³/mol. The van der Waals surface area contributed by atoms with Crippen molar-refractivity contribution in [2.45, 2.75) is 6.92 Å². The van der Waals surface area contributed by atoms with Crippen LogP contribution in [-0.2, 0) is 0 Å². The van der Waals surface area contributed by atoms with Gasteiger partial charge in [0.15, 0.2) is 0 Å². The van der Waals surface area contributed by atoms with Crippen LogP contribution >= 0.6 is 23.2 Å². The van der Waals surface area contributed by atoms with Crippen LogP contribution in [0.1, 0.15) is 6.92 Å². The minimum absolute atomic E-state index is 0.683. The fourth-order valence-corrected chi connectivity index (χ4v) is 4.05. The molecule has 0 fully saturated rings. The van der Waals surface area contributed by atoms with Gasteiger partial charge < -0.3 is 9.88 Å². The first-order chi connectivity index (χ1) is 16.0. The van der Waals surface area contributed by atoms with Crippen LogP contribution in [0.5, 0.6) is 0 Å². The zero-order chi connectivity index (χ0) is 22.9. The normalized spacial score (nSPS) is 11.8. The molecule has 3 aromatic carbocycles. The molecule has 162 valence electrons. The predicted octanol–water partition coefficient (Wildman–Crippen LogP) is 7.62. The van der Waals surface area contributed by atoms with Crippen molar-refractivity contribution in [3.05, 3.63) is 113 Å². The smallest absolute Gasteiger partial charge is 0.0900 e. The topological polar surface area (TPSA) is 42.2 Å². The van der Waals surface area contributed by atoms with E-state index in [9.17, 15) is 0 Å². The average Bonchev–Trinajstić information content (AvgIpc) is 2.80. The second-order valence-electron chi connectivity index (χ2n) is 7.75. The number of halogens is 2. The number of nitrogens with one attached hydrogen (secondary N) is 1. The Morgan fingerprint density at radius 3 is 2.27 bits per heavy atom. The van der Waals surface area contributed by atoms with Crippen molar-refractivity contribution in [1.29, 1.82) is 0 Å². The summed E-state index contributed by atoms with van der Waals surface area (Å²) in [5, 5.41) is 5.59. The Balaban J connectivity index is 1.81. The summed E-state index contributed by atoms with van der Waals surface area (Å²) in [6.07, 6.45) is 0. The van der Waals surface area contributed by atoms with Crippen molar-refractivity contribution in [1.82, 2.24) is 9.55 Å². The van der Waals surface area contributed by atoms with Gasteiger partial charge in [-0.1, -0.05) is 41.9 Å². The van der Waals surface area contributed by atoms with Crippen LogP contribution in [0.2, 0.25) is 10.0 Å². The molecule has 0 bridgehead atoms. The van der Waals surface area contributed by atoms with Gasteiger partial charge in [0.2, 0.25) is 0 Å². The Morgan fingerprint density at radius 2 is 1.58 bits per heavy atom. The van der Waals surface area contributed by atoms with Crippen LogP contribution in [0.25, 0.3) is 28.1 Å². The summed E-state index contributed by atoms with van der Waals surface area (Å²) < 4.78 is 2.18. The standard InChI is InChI=1S/C27H20Cl2N4/c1-17(2)30-24-16-27-25(15-23(24)31-20-11-7-18(28)8-12-20)32-22-5-3-4-6-26(22)33(27)21-13-9-19(29)10-14-21/h3-16,31H,1H2,2H3. The van der Waals surface area contributed by atoms with Gasteiger partial charge in [-0.15, -0.1) is 0 Å². The first-order valence-electron chi connectivity index (χ1n) is 10.4. The Bertz CT molecular complexity index is 1520. The molecule has 6 heteroatoms. The van der Waals surface area contributed by atoms with Crippen molar-refractivity contribution in [2.75, 3.05) is 5.32 Å². The molecule has 0 saturated carbocycles. The summed E-state index contributed by atoms with van der Waals surface area (Å²) in [4.78, 5) is 9.65. The fraction of sp³-hybridized carbons (Fsp3) is 0.0370. The number of allylic oxidation sites excluding steroid dienone is 1. The highest BCUT2D eigenvalue weighted by molar-refractivity contribution is 6.30. The van der Waals surface area contributed by atoms with Crippen molar-refractivity contribution in [3.63, 3.8) is 0 Å². The lowest BCUT2D eigenvalue weighted by Crippen LogP contribution is -2.15. The van der Waals surface area contributed by atoms with E-state index < -0.39 is 0 Å². The van der Waals surface area contributed by atoms with E-state index in [2.05, 4.69) is 22.5 Å². The molecule has 4 nitrogen and oxygen atoms in total. The number of para-hydroxylation sites is 2. The third-order valence-electron chi connectivity index (χ3n) is 5.22. The largest absolute Gasteiger partial charge is 0.354 e. The van der Waals surface area contributed by atoms with Crippen LogP contribution < -0.4 is 10.7 Å². The van der Waals surface area contributed by atoms with Gasteiger partial charge in [-0.2, -0.15) is 0 Å². The highest BCUT2D eigenvalue weighted by Gasteiger charge is 2.16. The maximum Gasteiger partial charge on any atom is 0.0900 e. The third kappa shape index (κ3) is 4.36. The number of benzene rings is 4. The molecule has 0 unspecified atom stereocenters. The van der Waals surface area contributed by atoms with Crippen molar-refractivity contribution in [2.24, 2.45) is 4.99 Å². The van der Waals surface area contributed by atoms with E-state index >= 15 is 0 Å². The molecule has 0 atom stereocenters. The summed E-state index contributed by atoms with van der Waals surface area (Å²) >= 11 is 12.2. The van der Waals surface area contributed by atoms with E-state index in [-0.39, 0.29) is 0 Å². The molecule has 0 amide bonds. The first-order valence-corrected chi connectivity index (χ1v) is 11.2. The Morgan fingerprint density at radius 1 is 0.909 bits per heavy atom. The SMILES string of the molecule is C=C(C)N=c1cc2n(-c3ccc(Cl)cc3)c3ccccc3nc-2cc1Nc1ccc(Cl)cc1. The molecule has 1 heterocycles. The average molecular weight is 471 g/mol. The van der Waals surface area contributed by atoms with Crippen LogP contribution in [-0.4, -0.2) is 9.55 Å².